The van der Waals surface area contributed by atoms with Crippen LogP contribution < -0.4 is 4.90 Å². The molecular weight excluding hydrogens is 280 g/mol. The maximum Gasteiger partial charge on any atom is 0.243 e. The zero-order valence-electron chi connectivity index (χ0n) is 11.5. The predicted octanol–water partition coefficient (Wildman–Crippen LogP) is 1.45. The number of aromatic nitrogens is 3. The monoisotopic (exact) mass is 296 g/mol. The number of nitrogens with zero attached hydrogens (tertiary/aromatic N) is 4. The third-order valence-corrected chi connectivity index (χ3v) is 3.60. The largest absolute Gasteiger partial charge is 0.386 e. The molecule has 3 rings (SSSR count). The van der Waals surface area contributed by atoms with Gasteiger partial charge in [0.2, 0.25) is 5.28 Å². The molecule has 0 aromatic carbocycles. The molecule has 0 saturated carbocycles. The molecule has 0 unspecified atom stereocenters. The number of aliphatic hydroxyl groups is 1. The van der Waals surface area contributed by atoms with Gasteiger partial charge in [0.15, 0.2) is 5.82 Å². The maximum atomic E-state index is 10.1. The van der Waals surface area contributed by atoms with Crippen molar-refractivity contribution in [1.29, 1.82) is 0 Å². The summed E-state index contributed by atoms with van der Waals surface area (Å²) in [5.41, 5.74) is 0.694. The van der Waals surface area contributed by atoms with E-state index < -0.39 is 5.60 Å². The van der Waals surface area contributed by atoms with E-state index in [0.717, 1.165) is 30.0 Å². The van der Waals surface area contributed by atoms with Crippen molar-refractivity contribution < 1.29 is 9.84 Å². The van der Waals surface area contributed by atoms with Crippen LogP contribution in [0.4, 0.5) is 5.82 Å². The van der Waals surface area contributed by atoms with Gasteiger partial charge in [-0.3, -0.25) is 0 Å². The number of anilines is 1. The fourth-order valence-electron chi connectivity index (χ4n) is 2.30. The minimum Gasteiger partial charge on any atom is -0.386 e. The highest BCUT2D eigenvalue weighted by atomic mass is 35.5. The summed E-state index contributed by atoms with van der Waals surface area (Å²) in [6.45, 7) is 6.37. The first-order valence-electron chi connectivity index (χ1n) is 6.56. The van der Waals surface area contributed by atoms with Gasteiger partial charge in [-0.05, 0) is 31.5 Å². The van der Waals surface area contributed by atoms with Crippen LogP contribution in [0.2, 0.25) is 5.28 Å². The van der Waals surface area contributed by atoms with Gasteiger partial charge in [0.25, 0.3) is 0 Å². The van der Waals surface area contributed by atoms with Gasteiger partial charge in [0.05, 0.1) is 18.8 Å². The molecule has 2 aromatic heterocycles. The summed E-state index contributed by atoms with van der Waals surface area (Å²) in [4.78, 5) is 6.47. The van der Waals surface area contributed by atoms with Gasteiger partial charge in [-0.2, -0.15) is 4.98 Å². The molecule has 108 valence electrons. The molecule has 0 bridgehead atoms. The Morgan fingerprint density at radius 3 is 2.70 bits per heavy atom. The van der Waals surface area contributed by atoms with E-state index in [0.29, 0.717) is 13.2 Å². The zero-order valence-corrected chi connectivity index (χ0v) is 12.3. The summed E-state index contributed by atoms with van der Waals surface area (Å²) in [7, 11) is 0. The van der Waals surface area contributed by atoms with Crippen molar-refractivity contribution in [3.8, 4) is 0 Å². The van der Waals surface area contributed by atoms with Gasteiger partial charge < -0.3 is 14.7 Å². The van der Waals surface area contributed by atoms with Crippen molar-refractivity contribution in [1.82, 2.24) is 14.6 Å². The van der Waals surface area contributed by atoms with Gasteiger partial charge in [0.1, 0.15) is 5.52 Å². The molecule has 1 aliphatic heterocycles. The summed E-state index contributed by atoms with van der Waals surface area (Å²) in [5.74, 6) is 0.781. The molecule has 1 N–H and O–H groups in total. The number of rotatable bonds is 2. The third kappa shape index (κ3) is 2.46. The van der Waals surface area contributed by atoms with Crippen molar-refractivity contribution >= 4 is 22.9 Å². The normalized spacial score (nSPS) is 16.9. The van der Waals surface area contributed by atoms with Gasteiger partial charge in [0, 0.05) is 24.8 Å². The SMILES string of the molecule is CC(C)(O)c1cc2c(N3CCOCC3)nc(Cl)nn2c1. The van der Waals surface area contributed by atoms with Crippen LogP contribution in [-0.4, -0.2) is 46.0 Å². The first-order valence-corrected chi connectivity index (χ1v) is 6.94. The lowest BCUT2D eigenvalue weighted by Crippen LogP contribution is -2.37. The summed E-state index contributed by atoms with van der Waals surface area (Å²) >= 11 is 6.00. The number of fused-ring (bicyclic) bond motifs is 1. The molecule has 1 saturated heterocycles. The van der Waals surface area contributed by atoms with Crippen LogP contribution >= 0.6 is 11.6 Å². The summed E-state index contributed by atoms with van der Waals surface area (Å²) in [6, 6.07) is 1.90. The Hall–Kier alpha value is -1.37. The molecule has 6 nitrogen and oxygen atoms in total. The molecule has 20 heavy (non-hydrogen) atoms. The summed E-state index contributed by atoms with van der Waals surface area (Å²) in [6.07, 6.45) is 1.78. The fourth-order valence-corrected chi connectivity index (χ4v) is 2.46. The van der Waals surface area contributed by atoms with Crippen LogP contribution in [0, 0.1) is 0 Å². The van der Waals surface area contributed by atoms with E-state index in [9.17, 15) is 5.11 Å². The highest BCUT2D eigenvalue weighted by Crippen LogP contribution is 2.28. The van der Waals surface area contributed by atoms with E-state index in [-0.39, 0.29) is 5.28 Å². The minimum absolute atomic E-state index is 0.192. The van der Waals surface area contributed by atoms with Crippen molar-refractivity contribution in [2.75, 3.05) is 31.2 Å². The summed E-state index contributed by atoms with van der Waals surface area (Å²) < 4.78 is 7.03. The third-order valence-electron chi connectivity index (χ3n) is 3.43. The van der Waals surface area contributed by atoms with Crippen LogP contribution in [0.15, 0.2) is 12.3 Å². The van der Waals surface area contributed by atoms with Crippen molar-refractivity contribution in [3.05, 3.63) is 23.1 Å². The standard InChI is InChI=1S/C13H17ClN4O2/c1-13(2,19)9-7-10-11(17-3-5-20-6-4-17)15-12(14)16-18(10)8-9/h7-8,19H,3-6H2,1-2H3. The predicted molar refractivity (Wildman–Crippen MR) is 76.3 cm³/mol. The van der Waals surface area contributed by atoms with E-state index in [1.807, 2.05) is 6.07 Å². The van der Waals surface area contributed by atoms with Gasteiger partial charge in [-0.25, -0.2) is 4.52 Å². The molecule has 0 amide bonds. The van der Waals surface area contributed by atoms with Crippen molar-refractivity contribution in [2.24, 2.45) is 0 Å². The lowest BCUT2D eigenvalue weighted by Gasteiger charge is -2.28. The number of hydrogen-bond acceptors (Lipinski definition) is 5. The highest BCUT2D eigenvalue weighted by molar-refractivity contribution is 6.28. The lowest BCUT2D eigenvalue weighted by molar-refractivity contribution is 0.0786. The second-order valence-corrected chi connectivity index (χ2v) is 5.76. The van der Waals surface area contributed by atoms with Crippen LogP contribution in [0.3, 0.4) is 0 Å². The average Bonchev–Trinajstić information content (AvgIpc) is 2.82. The number of halogens is 1. The Bertz CT molecular complexity index is 629. The molecule has 1 aliphatic rings. The molecule has 3 heterocycles. The second-order valence-electron chi connectivity index (χ2n) is 5.42. The molecule has 0 spiro atoms. The fraction of sp³-hybridized carbons (Fsp3) is 0.538. The summed E-state index contributed by atoms with van der Waals surface area (Å²) in [5, 5.41) is 14.5. The first kappa shape index (κ1) is 13.6. The molecule has 0 aliphatic carbocycles. The van der Waals surface area contributed by atoms with E-state index in [1.165, 1.54) is 0 Å². The smallest absolute Gasteiger partial charge is 0.243 e. The van der Waals surface area contributed by atoms with Gasteiger partial charge in [-0.1, -0.05) is 0 Å². The quantitative estimate of drug-likeness (QED) is 0.909. The topological polar surface area (TPSA) is 62.9 Å². The Kier molecular flexibility index (Phi) is 3.32. The zero-order chi connectivity index (χ0) is 14.3. The number of hydrogen-bond donors (Lipinski definition) is 1. The van der Waals surface area contributed by atoms with Crippen LogP contribution in [0.25, 0.3) is 5.52 Å². The average molecular weight is 297 g/mol. The van der Waals surface area contributed by atoms with E-state index in [2.05, 4.69) is 15.0 Å². The molecule has 2 aromatic rings. The Morgan fingerprint density at radius 1 is 1.35 bits per heavy atom. The Labute approximate surface area is 121 Å². The van der Waals surface area contributed by atoms with Crippen LogP contribution in [0.1, 0.15) is 19.4 Å². The molecule has 1 fully saturated rings. The van der Waals surface area contributed by atoms with Crippen molar-refractivity contribution in [3.63, 3.8) is 0 Å². The molecule has 7 heteroatoms. The number of ether oxygens (including phenoxy) is 1. The molecular formula is C13H17ClN4O2. The second kappa shape index (κ2) is 4.87. The lowest BCUT2D eigenvalue weighted by atomic mass is 10.0. The molecule has 0 radical (unpaired) electrons. The maximum absolute atomic E-state index is 10.1. The Balaban J connectivity index is 2.12. The first-order chi connectivity index (χ1) is 9.45. The van der Waals surface area contributed by atoms with Gasteiger partial charge >= 0.3 is 0 Å². The number of morpholine rings is 1. The van der Waals surface area contributed by atoms with Crippen LogP contribution in [0.5, 0.6) is 0 Å². The van der Waals surface area contributed by atoms with Gasteiger partial charge in [-0.15, -0.1) is 5.10 Å². The van der Waals surface area contributed by atoms with E-state index >= 15 is 0 Å². The van der Waals surface area contributed by atoms with E-state index in [1.54, 1.807) is 24.6 Å². The minimum atomic E-state index is -0.928. The highest BCUT2D eigenvalue weighted by Gasteiger charge is 2.22. The Morgan fingerprint density at radius 2 is 2.05 bits per heavy atom. The van der Waals surface area contributed by atoms with E-state index in [4.69, 9.17) is 16.3 Å². The molecule has 0 atom stereocenters. The van der Waals surface area contributed by atoms with Crippen molar-refractivity contribution in [2.45, 2.75) is 19.4 Å². The van der Waals surface area contributed by atoms with Crippen LogP contribution in [-0.2, 0) is 10.3 Å².